The molecule has 98 valence electrons. The lowest BCUT2D eigenvalue weighted by Gasteiger charge is -2.09. The van der Waals surface area contributed by atoms with Crippen LogP contribution in [0, 0.1) is 6.92 Å². The predicted octanol–water partition coefficient (Wildman–Crippen LogP) is 2.74. The van der Waals surface area contributed by atoms with Crippen molar-refractivity contribution in [2.24, 2.45) is 0 Å². The lowest BCUT2D eigenvalue weighted by atomic mass is 10.2. The molecule has 0 atom stereocenters. The lowest BCUT2D eigenvalue weighted by molar-refractivity contribution is -0.137. The highest BCUT2D eigenvalue weighted by Crippen LogP contribution is 2.19. The average molecular weight is 315 g/mol. The number of aliphatic carboxylic acids is 1. The van der Waals surface area contributed by atoms with Crippen LogP contribution in [-0.2, 0) is 4.79 Å². The Labute approximate surface area is 114 Å². The number of carboxylic acids is 1. The van der Waals surface area contributed by atoms with Crippen molar-refractivity contribution in [1.82, 2.24) is 5.32 Å². The van der Waals surface area contributed by atoms with E-state index in [1.165, 1.54) is 0 Å². The van der Waals surface area contributed by atoms with Crippen LogP contribution in [0.15, 0.2) is 22.7 Å². The molecule has 0 saturated carbocycles. The summed E-state index contributed by atoms with van der Waals surface area (Å²) < 4.78 is 0.951. The first kappa shape index (κ1) is 14.5. The Morgan fingerprint density at radius 2 is 2.11 bits per heavy atom. The van der Waals surface area contributed by atoms with Crippen molar-refractivity contribution in [2.75, 3.05) is 11.9 Å². The van der Waals surface area contributed by atoms with Crippen LogP contribution in [0.25, 0.3) is 0 Å². The van der Waals surface area contributed by atoms with Crippen LogP contribution in [0.1, 0.15) is 18.4 Å². The second kappa shape index (κ2) is 7.00. The van der Waals surface area contributed by atoms with Gasteiger partial charge in [-0.2, -0.15) is 0 Å². The maximum Gasteiger partial charge on any atom is 0.319 e. The van der Waals surface area contributed by atoms with E-state index < -0.39 is 5.97 Å². The molecule has 5 nitrogen and oxygen atoms in total. The number of urea groups is 1. The normalized spacial score (nSPS) is 9.89. The number of halogens is 1. The molecule has 0 fully saturated rings. The third kappa shape index (κ3) is 5.18. The Hall–Kier alpha value is -1.56. The van der Waals surface area contributed by atoms with Crippen molar-refractivity contribution in [3.05, 3.63) is 28.2 Å². The highest BCUT2D eigenvalue weighted by molar-refractivity contribution is 9.10. The molecule has 0 saturated heterocycles. The summed E-state index contributed by atoms with van der Waals surface area (Å²) in [5.41, 5.74) is 1.68. The van der Waals surface area contributed by atoms with Gasteiger partial charge in [0.15, 0.2) is 0 Å². The zero-order valence-corrected chi connectivity index (χ0v) is 11.6. The number of anilines is 1. The molecule has 1 aromatic carbocycles. The Kier molecular flexibility index (Phi) is 5.64. The standard InChI is InChI=1S/C12H15BrN2O3/c1-8-7-9(13)4-5-10(8)15-12(18)14-6-2-3-11(16)17/h4-5,7H,2-3,6H2,1H3,(H,16,17)(H2,14,15,18). The summed E-state index contributed by atoms with van der Waals surface area (Å²) in [6.45, 7) is 2.23. The van der Waals surface area contributed by atoms with Crippen LogP contribution in [-0.4, -0.2) is 23.7 Å². The SMILES string of the molecule is Cc1cc(Br)ccc1NC(=O)NCCCC(=O)O. The van der Waals surface area contributed by atoms with Gasteiger partial charge in [-0.05, 0) is 37.1 Å². The Morgan fingerprint density at radius 1 is 1.39 bits per heavy atom. The molecule has 0 heterocycles. The molecule has 18 heavy (non-hydrogen) atoms. The summed E-state index contributed by atoms with van der Waals surface area (Å²) in [6, 6.07) is 5.22. The fourth-order valence-electron chi connectivity index (χ4n) is 1.38. The molecule has 0 aromatic heterocycles. The van der Waals surface area contributed by atoms with Crippen LogP contribution < -0.4 is 10.6 Å². The molecule has 3 N–H and O–H groups in total. The Balaban J connectivity index is 2.38. The summed E-state index contributed by atoms with van der Waals surface area (Å²) in [5.74, 6) is -0.860. The minimum Gasteiger partial charge on any atom is -0.481 e. The van der Waals surface area contributed by atoms with Gasteiger partial charge in [-0.1, -0.05) is 15.9 Å². The van der Waals surface area contributed by atoms with Gasteiger partial charge < -0.3 is 15.7 Å². The number of benzene rings is 1. The van der Waals surface area contributed by atoms with Gasteiger partial charge in [0.05, 0.1) is 0 Å². The molecule has 0 spiro atoms. The molecule has 0 unspecified atom stereocenters. The quantitative estimate of drug-likeness (QED) is 0.731. The van der Waals surface area contributed by atoms with Crippen LogP contribution in [0.5, 0.6) is 0 Å². The fraction of sp³-hybridized carbons (Fsp3) is 0.333. The van der Waals surface area contributed by atoms with Gasteiger partial charge in [-0.15, -0.1) is 0 Å². The first-order valence-electron chi connectivity index (χ1n) is 5.52. The number of aryl methyl sites for hydroxylation is 1. The third-order valence-corrected chi connectivity index (χ3v) is 2.78. The number of carboxylic acid groups (broad SMARTS) is 1. The second-order valence-corrected chi connectivity index (χ2v) is 4.75. The highest BCUT2D eigenvalue weighted by Gasteiger charge is 2.04. The van der Waals surface area contributed by atoms with Gasteiger partial charge in [-0.25, -0.2) is 4.79 Å². The van der Waals surface area contributed by atoms with E-state index in [4.69, 9.17) is 5.11 Å². The molecule has 0 aliphatic heterocycles. The van der Waals surface area contributed by atoms with E-state index in [0.29, 0.717) is 13.0 Å². The number of hydrogen-bond donors (Lipinski definition) is 3. The fourth-order valence-corrected chi connectivity index (χ4v) is 1.85. The molecule has 0 aliphatic carbocycles. The van der Waals surface area contributed by atoms with Crippen molar-refractivity contribution in [2.45, 2.75) is 19.8 Å². The summed E-state index contributed by atoms with van der Waals surface area (Å²) in [5, 5.41) is 13.8. The zero-order chi connectivity index (χ0) is 13.5. The summed E-state index contributed by atoms with van der Waals surface area (Å²) in [7, 11) is 0. The van der Waals surface area contributed by atoms with Gasteiger partial charge in [0, 0.05) is 23.1 Å². The molecule has 0 radical (unpaired) electrons. The maximum absolute atomic E-state index is 11.5. The third-order valence-electron chi connectivity index (χ3n) is 2.29. The molecule has 0 aliphatic rings. The number of amides is 2. The minimum absolute atomic E-state index is 0.0532. The van der Waals surface area contributed by atoms with Crippen molar-refractivity contribution >= 4 is 33.6 Å². The highest BCUT2D eigenvalue weighted by atomic mass is 79.9. The average Bonchev–Trinajstić information content (AvgIpc) is 2.28. The van der Waals surface area contributed by atoms with Gasteiger partial charge in [0.1, 0.15) is 0 Å². The summed E-state index contributed by atoms with van der Waals surface area (Å²) in [6.07, 6.45) is 0.472. The number of carbonyl (C=O) groups is 2. The molecule has 1 aromatic rings. The van der Waals surface area contributed by atoms with E-state index in [9.17, 15) is 9.59 Å². The van der Waals surface area contributed by atoms with Crippen LogP contribution >= 0.6 is 15.9 Å². The van der Waals surface area contributed by atoms with Gasteiger partial charge in [-0.3, -0.25) is 4.79 Å². The monoisotopic (exact) mass is 314 g/mol. The number of carbonyl (C=O) groups excluding carboxylic acids is 1. The summed E-state index contributed by atoms with van der Waals surface area (Å²) >= 11 is 3.34. The van der Waals surface area contributed by atoms with Gasteiger partial charge in [0.25, 0.3) is 0 Å². The van der Waals surface area contributed by atoms with Crippen molar-refractivity contribution in [3.8, 4) is 0 Å². The van der Waals surface area contributed by atoms with Crippen LogP contribution in [0.3, 0.4) is 0 Å². The van der Waals surface area contributed by atoms with E-state index in [0.717, 1.165) is 15.7 Å². The Morgan fingerprint density at radius 3 is 2.72 bits per heavy atom. The molecular weight excluding hydrogens is 300 g/mol. The van der Waals surface area contributed by atoms with Crippen molar-refractivity contribution in [1.29, 1.82) is 0 Å². The molecule has 2 amide bonds. The van der Waals surface area contributed by atoms with Gasteiger partial charge in [0.2, 0.25) is 0 Å². The van der Waals surface area contributed by atoms with Crippen LogP contribution in [0.4, 0.5) is 10.5 Å². The van der Waals surface area contributed by atoms with E-state index in [2.05, 4.69) is 26.6 Å². The van der Waals surface area contributed by atoms with Crippen LogP contribution in [0.2, 0.25) is 0 Å². The number of nitrogens with one attached hydrogen (secondary N) is 2. The van der Waals surface area contributed by atoms with E-state index >= 15 is 0 Å². The molecule has 6 heteroatoms. The zero-order valence-electron chi connectivity index (χ0n) is 10.00. The first-order valence-corrected chi connectivity index (χ1v) is 6.31. The molecule has 0 bridgehead atoms. The Bertz CT molecular complexity index is 449. The van der Waals surface area contributed by atoms with Crippen molar-refractivity contribution in [3.63, 3.8) is 0 Å². The summed E-state index contributed by atoms with van der Waals surface area (Å²) in [4.78, 5) is 21.8. The van der Waals surface area contributed by atoms with Crippen molar-refractivity contribution < 1.29 is 14.7 Å². The number of rotatable bonds is 5. The second-order valence-electron chi connectivity index (χ2n) is 3.84. The predicted molar refractivity (Wildman–Crippen MR) is 72.8 cm³/mol. The smallest absolute Gasteiger partial charge is 0.319 e. The first-order chi connectivity index (χ1) is 8.49. The van der Waals surface area contributed by atoms with E-state index in [1.807, 2.05) is 19.1 Å². The molecular formula is C12H15BrN2O3. The minimum atomic E-state index is -0.860. The topological polar surface area (TPSA) is 78.4 Å². The largest absolute Gasteiger partial charge is 0.481 e. The molecule has 1 rings (SSSR count). The number of hydrogen-bond acceptors (Lipinski definition) is 2. The lowest BCUT2D eigenvalue weighted by Crippen LogP contribution is -2.30. The van der Waals surface area contributed by atoms with E-state index in [-0.39, 0.29) is 12.5 Å². The van der Waals surface area contributed by atoms with E-state index in [1.54, 1.807) is 6.07 Å². The maximum atomic E-state index is 11.5. The van der Waals surface area contributed by atoms with Gasteiger partial charge >= 0.3 is 12.0 Å².